The van der Waals surface area contributed by atoms with E-state index >= 15 is 0 Å². The Balaban J connectivity index is 2.10. The van der Waals surface area contributed by atoms with E-state index in [1.165, 1.54) is 0 Å². The van der Waals surface area contributed by atoms with Gasteiger partial charge in [0.05, 0.1) is 5.69 Å². The van der Waals surface area contributed by atoms with Crippen molar-refractivity contribution in [1.82, 2.24) is 4.98 Å². The average molecular weight is 340 g/mol. The molecule has 0 aliphatic rings. The SMILES string of the molecule is Cc1cc(OCC(=O)c2nc(C)c(C(=O)O)s2)cc(C)c1Cl. The van der Waals surface area contributed by atoms with Crippen LogP contribution >= 0.6 is 22.9 Å². The topological polar surface area (TPSA) is 76.5 Å². The summed E-state index contributed by atoms with van der Waals surface area (Å²) in [5.41, 5.74) is 2.06. The second-order valence-corrected chi connectivity index (χ2v) is 6.20. The van der Waals surface area contributed by atoms with E-state index < -0.39 is 5.97 Å². The molecule has 1 N–H and O–H groups in total. The molecule has 0 aliphatic carbocycles. The maximum absolute atomic E-state index is 12.0. The molecular weight excluding hydrogens is 326 g/mol. The first kappa shape index (κ1) is 16.5. The highest BCUT2D eigenvalue weighted by Gasteiger charge is 2.19. The molecule has 2 rings (SSSR count). The van der Waals surface area contributed by atoms with Crippen molar-refractivity contribution in [3.63, 3.8) is 0 Å². The summed E-state index contributed by atoms with van der Waals surface area (Å²) in [4.78, 5) is 27.1. The molecular formula is C15H14ClNO4S. The number of carboxylic acid groups (broad SMARTS) is 1. The van der Waals surface area contributed by atoms with Gasteiger partial charge >= 0.3 is 5.97 Å². The van der Waals surface area contributed by atoms with Crippen LogP contribution in [0.4, 0.5) is 0 Å². The Labute approximate surface area is 136 Å². The molecule has 1 aromatic carbocycles. The Bertz CT molecular complexity index is 731. The van der Waals surface area contributed by atoms with Crippen molar-refractivity contribution in [2.75, 3.05) is 6.61 Å². The van der Waals surface area contributed by atoms with Crippen LogP contribution in [-0.2, 0) is 0 Å². The molecule has 0 aliphatic heterocycles. The molecule has 22 heavy (non-hydrogen) atoms. The molecule has 0 amide bonds. The van der Waals surface area contributed by atoms with Crippen LogP contribution in [0.2, 0.25) is 5.02 Å². The number of carbonyl (C=O) groups excluding carboxylic acids is 1. The molecule has 5 nitrogen and oxygen atoms in total. The fourth-order valence-electron chi connectivity index (χ4n) is 1.91. The van der Waals surface area contributed by atoms with Gasteiger partial charge in [0.25, 0.3) is 0 Å². The van der Waals surface area contributed by atoms with E-state index in [9.17, 15) is 9.59 Å². The van der Waals surface area contributed by atoms with Crippen molar-refractivity contribution in [2.45, 2.75) is 20.8 Å². The third-order valence-electron chi connectivity index (χ3n) is 3.01. The maximum atomic E-state index is 12.0. The number of rotatable bonds is 5. The molecule has 0 fully saturated rings. The molecule has 116 valence electrons. The van der Waals surface area contributed by atoms with E-state index in [1.54, 1.807) is 19.1 Å². The normalized spacial score (nSPS) is 10.5. The van der Waals surface area contributed by atoms with Crippen molar-refractivity contribution in [1.29, 1.82) is 0 Å². The molecule has 0 saturated heterocycles. The zero-order valence-electron chi connectivity index (χ0n) is 12.3. The van der Waals surface area contributed by atoms with Crippen molar-refractivity contribution in [3.8, 4) is 5.75 Å². The summed E-state index contributed by atoms with van der Waals surface area (Å²) >= 11 is 6.93. The summed E-state index contributed by atoms with van der Waals surface area (Å²) in [5, 5.41) is 9.77. The lowest BCUT2D eigenvalue weighted by Gasteiger charge is -2.08. The first-order chi connectivity index (χ1) is 10.3. The maximum Gasteiger partial charge on any atom is 0.347 e. The quantitative estimate of drug-likeness (QED) is 0.841. The summed E-state index contributed by atoms with van der Waals surface area (Å²) in [6, 6.07) is 3.50. The zero-order chi connectivity index (χ0) is 16.4. The second-order valence-electron chi connectivity index (χ2n) is 4.82. The third-order valence-corrected chi connectivity index (χ3v) is 4.79. The molecule has 0 atom stereocenters. The molecule has 7 heteroatoms. The minimum atomic E-state index is -1.08. The van der Waals surface area contributed by atoms with Crippen LogP contribution in [0.25, 0.3) is 0 Å². The molecule has 1 aromatic heterocycles. The molecule has 0 spiro atoms. The van der Waals surface area contributed by atoms with Crippen LogP contribution in [0.15, 0.2) is 12.1 Å². The molecule has 0 radical (unpaired) electrons. The van der Waals surface area contributed by atoms with Gasteiger partial charge in [0, 0.05) is 5.02 Å². The van der Waals surface area contributed by atoms with E-state index in [1.807, 2.05) is 13.8 Å². The van der Waals surface area contributed by atoms with Gasteiger partial charge in [-0.05, 0) is 44.0 Å². The predicted molar refractivity (Wildman–Crippen MR) is 84.6 cm³/mol. The van der Waals surface area contributed by atoms with Crippen molar-refractivity contribution in [2.24, 2.45) is 0 Å². The first-order valence-corrected chi connectivity index (χ1v) is 7.62. The number of hydrogen-bond donors (Lipinski definition) is 1. The number of aromatic carboxylic acids is 1. The zero-order valence-corrected chi connectivity index (χ0v) is 13.8. The van der Waals surface area contributed by atoms with Gasteiger partial charge in [-0.25, -0.2) is 9.78 Å². The molecule has 0 unspecified atom stereocenters. The van der Waals surface area contributed by atoms with E-state index in [4.69, 9.17) is 21.4 Å². The van der Waals surface area contributed by atoms with Gasteiger partial charge in [-0.3, -0.25) is 4.79 Å². The van der Waals surface area contributed by atoms with Crippen molar-refractivity contribution in [3.05, 3.63) is 43.9 Å². The Hall–Kier alpha value is -1.92. The average Bonchev–Trinajstić information content (AvgIpc) is 2.84. The summed E-state index contributed by atoms with van der Waals surface area (Å²) in [6.07, 6.45) is 0. The van der Waals surface area contributed by atoms with Gasteiger partial charge in [-0.2, -0.15) is 0 Å². The van der Waals surface area contributed by atoms with Crippen LogP contribution in [-0.4, -0.2) is 28.4 Å². The smallest absolute Gasteiger partial charge is 0.347 e. The number of aryl methyl sites for hydroxylation is 3. The number of Topliss-reactive ketones (excluding diaryl/α,β-unsaturated/α-hetero) is 1. The van der Waals surface area contributed by atoms with Gasteiger partial charge in [-0.1, -0.05) is 11.6 Å². The van der Waals surface area contributed by atoms with Gasteiger partial charge in [0.2, 0.25) is 5.78 Å². The van der Waals surface area contributed by atoms with Crippen LogP contribution < -0.4 is 4.74 Å². The number of hydrogen-bond acceptors (Lipinski definition) is 5. The lowest BCUT2D eigenvalue weighted by molar-refractivity contribution is 0.0701. The Morgan fingerprint density at radius 3 is 2.36 bits per heavy atom. The number of thiazole rings is 1. The number of ether oxygens (including phenoxy) is 1. The highest BCUT2D eigenvalue weighted by atomic mass is 35.5. The van der Waals surface area contributed by atoms with Crippen molar-refractivity contribution < 1.29 is 19.4 Å². The monoisotopic (exact) mass is 339 g/mol. The van der Waals surface area contributed by atoms with Gasteiger partial charge < -0.3 is 9.84 Å². The van der Waals surface area contributed by atoms with Crippen molar-refractivity contribution >= 4 is 34.7 Å². The summed E-state index contributed by atoms with van der Waals surface area (Å²) in [7, 11) is 0. The van der Waals surface area contributed by atoms with E-state index in [0.717, 1.165) is 22.5 Å². The molecule has 0 bridgehead atoms. The second kappa shape index (κ2) is 6.46. The van der Waals surface area contributed by atoms with Gasteiger partial charge in [0.15, 0.2) is 11.6 Å². The standard InChI is InChI=1S/C15H14ClNO4S/c1-7-4-10(5-8(2)12(7)16)21-6-11(18)14-17-9(3)13(22-14)15(19)20/h4-5H,6H2,1-3H3,(H,19,20). The summed E-state index contributed by atoms with van der Waals surface area (Å²) < 4.78 is 5.46. The number of halogens is 1. The van der Waals surface area contributed by atoms with Crippen LogP contribution in [0.1, 0.15) is 36.3 Å². The van der Waals surface area contributed by atoms with Crippen LogP contribution in [0.5, 0.6) is 5.75 Å². The highest BCUT2D eigenvalue weighted by Crippen LogP contribution is 2.26. The van der Waals surface area contributed by atoms with E-state index in [-0.39, 0.29) is 22.3 Å². The lowest BCUT2D eigenvalue weighted by atomic mass is 10.1. The first-order valence-electron chi connectivity index (χ1n) is 6.43. The number of carbonyl (C=O) groups is 2. The number of nitrogens with zero attached hydrogens (tertiary/aromatic N) is 1. The van der Waals surface area contributed by atoms with E-state index in [2.05, 4.69) is 4.98 Å². The molecule has 1 heterocycles. The minimum Gasteiger partial charge on any atom is -0.485 e. The molecule has 0 saturated carbocycles. The number of carboxylic acids is 1. The minimum absolute atomic E-state index is 0.0709. The van der Waals surface area contributed by atoms with Gasteiger partial charge in [0.1, 0.15) is 10.6 Å². The predicted octanol–water partition coefficient (Wildman–Crippen LogP) is 3.68. The number of benzene rings is 1. The summed E-state index contributed by atoms with van der Waals surface area (Å²) in [5.74, 6) is -0.899. The Kier molecular flexibility index (Phi) is 4.83. The van der Waals surface area contributed by atoms with Crippen LogP contribution in [0.3, 0.4) is 0 Å². The largest absolute Gasteiger partial charge is 0.485 e. The third kappa shape index (κ3) is 3.45. The fraction of sp³-hybridized carbons (Fsp3) is 0.267. The van der Waals surface area contributed by atoms with Gasteiger partial charge in [-0.15, -0.1) is 11.3 Å². The highest BCUT2D eigenvalue weighted by molar-refractivity contribution is 7.15. The lowest BCUT2D eigenvalue weighted by Crippen LogP contribution is -2.11. The van der Waals surface area contributed by atoms with Crippen LogP contribution in [0, 0.1) is 20.8 Å². The molecule has 2 aromatic rings. The summed E-state index contributed by atoms with van der Waals surface area (Å²) in [6.45, 7) is 5.07. The Morgan fingerprint density at radius 2 is 1.86 bits per heavy atom. The Morgan fingerprint density at radius 1 is 1.27 bits per heavy atom. The fourth-order valence-corrected chi connectivity index (χ4v) is 2.85. The number of aromatic nitrogens is 1. The van der Waals surface area contributed by atoms with E-state index in [0.29, 0.717) is 16.5 Å². The number of ketones is 1.